The Kier molecular flexibility index (Phi) is 51.2. The maximum Gasteiger partial charge on any atom is 0.472 e. The first-order valence-corrected chi connectivity index (χ1v) is 31.5. The van der Waals surface area contributed by atoms with E-state index in [-0.39, 0.29) is 19.1 Å². The number of nitrogens with zero attached hydrogens (tertiary/aromatic N) is 1. The first kappa shape index (κ1) is 68.5. The molecule has 0 spiro atoms. The lowest BCUT2D eigenvalue weighted by Gasteiger charge is -2.25. The van der Waals surface area contributed by atoms with Crippen LogP contribution in [0.1, 0.15) is 284 Å². The zero-order valence-electron chi connectivity index (χ0n) is 47.0. The van der Waals surface area contributed by atoms with E-state index in [1.807, 2.05) is 27.2 Å². The zero-order chi connectivity index (χ0) is 51.3. The molecule has 0 aliphatic rings. The summed E-state index contributed by atoms with van der Waals surface area (Å²) in [5.74, 6) is -0.175. The number of hydrogen-bond donors (Lipinski definition) is 3. The van der Waals surface area contributed by atoms with Crippen LogP contribution < -0.4 is 5.32 Å². The molecule has 0 aliphatic carbocycles. The van der Waals surface area contributed by atoms with Gasteiger partial charge in [0.15, 0.2) is 0 Å². The largest absolute Gasteiger partial charge is 0.472 e. The third-order valence-corrected chi connectivity index (χ3v) is 14.5. The summed E-state index contributed by atoms with van der Waals surface area (Å²) in [6, 6.07) is -0.844. The standard InChI is InChI=1S/C61H117N2O6P/c1-6-8-10-12-14-16-18-19-20-21-22-23-24-25-26-27-28-29-30-31-32-33-34-35-36-37-38-39-40-41-42-43-45-47-49-51-53-55-61(65)62-59(58-69-70(66,67)68-57-56-63(3,4)5)60(64)54-52-50-48-46-44-17-15-13-11-9-7-2/h18-19,21-22,24-25,52,54,59-60,64H,6-17,20,23,26-51,53,55-58H2,1-5H3,(H-,62,65,66,67)/p+1/b19-18-,22-21-,25-24-,54-52+. The minimum Gasteiger partial charge on any atom is -0.387 e. The summed E-state index contributed by atoms with van der Waals surface area (Å²) in [6.45, 7) is 4.81. The highest BCUT2D eigenvalue weighted by Gasteiger charge is 2.27. The number of rotatable bonds is 55. The van der Waals surface area contributed by atoms with Gasteiger partial charge < -0.3 is 19.8 Å². The Morgan fingerprint density at radius 2 is 0.814 bits per heavy atom. The van der Waals surface area contributed by atoms with Crippen molar-refractivity contribution in [2.45, 2.75) is 296 Å². The Balaban J connectivity index is 3.89. The van der Waals surface area contributed by atoms with Crippen LogP contribution >= 0.6 is 7.82 Å². The number of quaternary nitrogens is 1. The van der Waals surface area contributed by atoms with Crippen LogP contribution in [-0.2, 0) is 18.4 Å². The number of phosphoric ester groups is 1. The van der Waals surface area contributed by atoms with Gasteiger partial charge in [0.05, 0.1) is 39.9 Å². The van der Waals surface area contributed by atoms with Crippen LogP contribution in [0.2, 0.25) is 0 Å². The Bertz CT molecular complexity index is 1280. The van der Waals surface area contributed by atoms with Crippen molar-refractivity contribution in [2.24, 2.45) is 0 Å². The molecule has 3 unspecified atom stereocenters. The van der Waals surface area contributed by atoms with E-state index < -0.39 is 20.0 Å². The predicted octanol–water partition coefficient (Wildman–Crippen LogP) is 18.3. The van der Waals surface area contributed by atoms with Crippen molar-refractivity contribution in [3.63, 3.8) is 0 Å². The summed E-state index contributed by atoms with van der Waals surface area (Å²) in [5.41, 5.74) is 0. The number of likely N-dealkylation sites (N-methyl/N-ethyl adjacent to an activating group) is 1. The van der Waals surface area contributed by atoms with Crippen LogP contribution in [0, 0.1) is 0 Å². The fourth-order valence-electron chi connectivity index (χ4n) is 8.82. The molecule has 8 nitrogen and oxygen atoms in total. The minimum atomic E-state index is -4.34. The van der Waals surface area contributed by atoms with Gasteiger partial charge in [0.2, 0.25) is 5.91 Å². The van der Waals surface area contributed by atoms with Crippen LogP contribution in [-0.4, -0.2) is 73.4 Å². The van der Waals surface area contributed by atoms with E-state index in [0.29, 0.717) is 17.4 Å². The Morgan fingerprint density at radius 3 is 1.19 bits per heavy atom. The quantitative estimate of drug-likeness (QED) is 0.0243. The molecule has 0 fully saturated rings. The molecule has 0 saturated carbocycles. The molecular formula is C61H118N2O6P+. The molecule has 0 bridgehead atoms. The second-order valence-electron chi connectivity index (χ2n) is 21.7. The van der Waals surface area contributed by atoms with Gasteiger partial charge in [0.1, 0.15) is 13.2 Å². The number of phosphoric acid groups is 1. The second-order valence-corrected chi connectivity index (χ2v) is 23.2. The van der Waals surface area contributed by atoms with Crippen molar-refractivity contribution < 1.29 is 32.9 Å². The predicted molar refractivity (Wildman–Crippen MR) is 304 cm³/mol. The maximum absolute atomic E-state index is 12.9. The van der Waals surface area contributed by atoms with Gasteiger partial charge in [-0.25, -0.2) is 4.57 Å². The van der Waals surface area contributed by atoms with Crippen LogP contribution in [0.15, 0.2) is 48.6 Å². The molecule has 0 heterocycles. The van der Waals surface area contributed by atoms with Crippen LogP contribution in [0.4, 0.5) is 0 Å². The Morgan fingerprint density at radius 1 is 0.486 bits per heavy atom. The molecule has 3 N–H and O–H groups in total. The maximum atomic E-state index is 12.9. The van der Waals surface area contributed by atoms with Crippen LogP contribution in [0.3, 0.4) is 0 Å². The number of nitrogens with one attached hydrogen (secondary N) is 1. The summed E-state index contributed by atoms with van der Waals surface area (Å²) in [4.78, 5) is 23.2. The summed E-state index contributed by atoms with van der Waals surface area (Å²) >= 11 is 0. The van der Waals surface area contributed by atoms with Gasteiger partial charge in [-0.2, -0.15) is 0 Å². The number of amides is 1. The lowest BCUT2D eigenvalue weighted by atomic mass is 10.0. The molecule has 9 heteroatoms. The van der Waals surface area contributed by atoms with Gasteiger partial charge in [0.25, 0.3) is 0 Å². The van der Waals surface area contributed by atoms with E-state index >= 15 is 0 Å². The van der Waals surface area contributed by atoms with Crippen molar-refractivity contribution in [2.75, 3.05) is 40.9 Å². The number of aliphatic hydroxyl groups excluding tert-OH is 1. The zero-order valence-corrected chi connectivity index (χ0v) is 47.9. The van der Waals surface area contributed by atoms with Crippen molar-refractivity contribution in [3.8, 4) is 0 Å². The molecule has 1 amide bonds. The third kappa shape index (κ3) is 54.2. The van der Waals surface area contributed by atoms with Crippen molar-refractivity contribution in [1.29, 1.82) is 0 Å². The molecule has 0 aliphatic heterocycles. The molecule has 0 aromatic carbocycles. The summed E-state index contributed by atoms with van der Waals surface area (Å²) in [7, 11) is 1.58. The SMILES string of the molecule is CCCCCCC/C=C\C/C=C\C/C=C\CCCCCCCCCCCCCCCCCCCCCCCCC(=O)NC(COP(=O)(O)OCC[N+](C)(C)C)C(O)/C=C/CCCCCCCCCCC. The second kappa shape index (κ2) is 52.3. The summed E-state index contributed by atoms with van der Waals surface area (Å²) in [6.07, 6.45) is 69.6. The smallest absolute Gasteiger partial charge is 0.387 e. The van der Waals surface area contributed by atoms with Gasteiger partial charge in [-0.1, -0.05) is 268 Å². The molecule has 0 aromatic heterocycles. The first-order chi connectivity index (χ1) is 34.0. The highest BCUT2D eigenvalue weighted by molar-refractivity contribution is 7.47. The third-order valence-electron chi connectivity index (χ3n) is 13.5. The normalized spacial score (nSPS) is 14.2. The highest BCUT2D eigenvalue weighted by Crippen LogP contribution is 2.43. The first-order valence-electron chi connectivity index (χ1n) is 30.0. The molecule has 412 valence electrons. The van der Waals surface area contributed by atoms with E-state index in [4.69, 9.17) is 9.05 Å². The molecule has 3 atom stereocenters. The summed E-state index contributed by atoms with van der Waals surface area (Å²) in [5, 5.41) is 13.9. The number of hydrogen-bond acceptors (Lipinski definition) is 5. The van der Waals surface area contributed by atoms with Crippen LogP contribution in [0.25, 0.3) is 0 Å². The van der Waals surface area contributed by atoms with Crippen LogP contribution in [0.5, 0.6) is 0 Å². The van der Waals surface area contributed by atoms with E-state index in [1.165, 1.54) is 212 Å². The van der Waals surface area contributed by atoms with E-state index in [1.54, 1.807) is 6.08 Å². The number of unbranched alkanes of at least 4 members (excludes halogenated alkanes) is 36. The monoisotopic (exact) mass is 1010 g/mol. The van der Waals surface area contributed by atoms with Gasteiger partial charge in [-0.05, 0) is 57.8 Å². The average molecular weight is 1010 g/mol. The molecular weight excluding hydrogens is 888 g/mol. The Hall–Kier alpha value is -1.54. The van der Waals surface area contributed by atoms with Crippen molar-refractivity contribution >= 4 is 13.7 Å². The topological polar surface area (TPSA) is 105 Å². The van der Waals surface area contributed by atoms with Gasteiger partial charge in [0, 0.05) is 6.42 Å². The lowest BCUT2D eigenvalue weighted by molar-refractivity contribution is -0.870. The van der Waals surface area contributed by atoms with Crippen molar-refractivity contribution in [1.82, 2.24) is 5.32 Å². The fourth-order valence-corrected chi connectivity index (χ4v) is 9.55. The Labute approximate surface area is 435 Å². The minimum absolute atomic E-state index is 0.0625. The average Bonchev–Trinajstić information content (AvgIpc) is 3.32. The number of aliphatic hydroxyl groups is 1. The molecule has 0 rings (SSSR count). The van der Waals surface area contributed by atoms with Gasteiger partial charge >= 0.3 is 7.82 Å². The molecule has 0 radical (unpaired) electrons. The molecule has 0 aromatic rings. The number of carbonyl (C=O) groups excluding carboxylic acids is 1. The number of carbonyl (C=O) groups is 1. The fraction of sp³-hybridized carbons (Fsp3) is 0.852. The van der Waals surface area contributed by atoms with Gasteiger partial charge in [-0.15, -0.1) is 0 Å². The van der Waals surface area contributed by atoms with Gasteiger partial charge in [-0.3, -0.25) is 13.8 Å². The van der Waals surface area contributed by atoms with E-state index in [0.717, 1.165) is 51.4 Å². The van der Waals surface area contributed by atoms with E-state index in [9.17, 15) is 19.4 Å². The molecule has 0 saturated heterocycles. The van der Waals surface area contributed by atoms with E-state index in [2.05, 4.69) is 55.6 Å². The lowest BCUT2D eigenvalue weighted by Crippen LogP contribution is -2.45. The van der Waals surface area contributed by atoms with Crippen molar-refractivity contribution in [3.05, 3.63) is 48.6 Å². The summed E-state index contributed by atoms with van der Waals surface area (Å²) < 4.78 is 23.6. The molecule has 70 heavy (non-hydrogen) atoms. The highest BCUT2D eigenvalue weighted by atomic mass is 31.2. The number of allylic oxidation sites excluding steroid dienone is 7.